The molecule has 1 aliphatic heterocycles. The van der Waals surface area contributed by atoms with E-state index in [1.807, 2.05) is 30.3 Å². The van der Waals surface area contributed by atoms with Crippen LogP contribution in [0.1, 0.15) is 10.6 Å². The van der Waals surface area contributed by atoms with Crippen molar-refractivity contribution in [3.05, 3.63) is 40.9 Å². The summed E-state index contributed by atoms with van der Waals surface area (Å²) in [7, 11) is 3.17. The molecule has 27 heavy (non-hydrogen) atoms. The number of carbonyl (C=O) groups is 1. The molecule has 0 amide bonds. The summed E-state index contributed by atoms with van der Waals surface area (Å²) in [4.78, 5) is 17.1. The number of benzene rings is 2. The number of aromatic nitrogens is 1. The highest BCUT2D eigenvalue weighted by atomic mass is 32.1. The Bertz CT molecular complexity index is 954. The number of hydrogen-bond acceptors (Lipinski definition) is 7. The van der Waals surface area contributed by atoms with Crippen molar-refractivity contribution in [2.24, 2.45) is 0 Å². The first-order valence-corrected chi connectivity index (χ1v) is 9.39. The molecule has 2 aromatic carbocycles. The highest BCUT2D eigenvalue weighted by molar-refractivity contribution is 7.18. The summed E-state index contributed by atoms with van der Waals surface area (Å²) in [5.74, 6) is 2.81. The average molecular weight is 385 g/mol. The van der Waals surface area contributed by atoms with Crippen LogP contribution in [0.15, 0.2) is 30.3 Å². The van der Waals surface area contributed by atoms with Crippen LogP contribution in [0.4, 0.5) is 0 Å². The van der Waals surface area contributed by atoms with E-state index in [1.54, 1.807) is 14.2 Å². The Labute approximate surface area is 160 Å². The molecule has 7 heteroatoms. The molecular formula is C20H19NO5S. The molecule has 4 rings (SSSR count). The molecule has 140 valence electrons. The van der Waals surface area contributed by atoms with Crippen molar-refractivity contribution >= 4 is 27.3 Å². The van der Waals surface area contributed by atoms with Gasteiger partial charge in [0.05, 0.1) is 30.9 Å². The maximum Gasteiger partial charge on any atom is 0.163 e. The van der Waals surface area contributed by atoms with Gasteiger partial charge in [-0.2, -0.15) is 0 Å². The molecule has 6 nitrogen and oxygen atoms in total. The number of thiazole rings is 1. The van der Waals surface area contributed by atoms with Gasteiger partial charge in [0, 0.05) is 18.6 Å². The lowest BCUT2D eigenvalue weighted by molar-refractivity contribution is -0.117. The van der Waals surface area contributed by atoms with E-state index in [9.17, 15) is 4.79 Å². The fraction of sp³-hybridized carbons (Fsp3) is 0.300. The first kappa shape index (κ1) is 17.6. The molecule has 0 radical (unpaired) electrons. The van der Waals surface area contributed by atoms with Crippen LogP contribution in [0, 0.1) is 0 Å². The van der Waals surface area contributed by atoms with Gasteiger partial charge in [0.25, 0.3) is 0 Å². The SMILES string of the molecule is COc1ccc(CC(=O)Cc2nc3cc4c(cc3s2)OCCO4)cc1OC. The van der Waals surface area contributed by atoms with Crippen LogP contribution in [0.3, 0.4) is 0 Å². The van der Waals surface area contributed by atoms with Crippen LogP contribution in [-0.4, -0.2) is 38.2 Å². The molecule has 0 unspecified atom stereocenters. The van der Waals surface area contributed by atoms with Crippen LogP contribution in [0.2, 0.25) is 0 Å². The zero-order valence-corrected chi connectivity index (χ0v) is 15.9. The van der Waals surface area contributed by atoms with Gasteiger partial charge in [-0.25, -0.2) is 4.98 Å². The van der Waals surface area contributed by atoms with Crippen molar-refractivity contribution in [2.75, 3.05) is 27.4 Å². The number of rotatable bonds is 6. The van der Waals surface area contributed by atoms with Crippen LogP contribution in [0.25, 0.3) is 10.2 Å². The van der Waals surface area contributed by atoms with Gasteiger partial charge in [0.15, 0.2) is 23.0 Å². The lowest BCUT2D eigenvalue weighted by Gasteiger charge is -2.17. The average Bonchev–Trinajstić information content (AvgIpc) is 3.06. The molecule has 3 aromatic rings. The molecule has 1 aromatic heterocycles. The van der Waals surface area contributed by atoms with E-state index in [2.05, 4.69) is 4.98 Å². The van der Waals surface area contributed by atoms with Crippen LogP contribution in [0.5, 0.6) is 23.0 Å². The van der Waals surface area contributed by atoms with Gasteiger partial charge >= 0.3 is 0 Å². The van der Waals surface area contributed by atoms with Crippen LogP contribution >= 0.6 is 11.3 Å². The minimum atomic E-state index is 0.0959. The maximum atomic E-state index is 12.5. The molecule has 0 N–H and O–H groups in total. The monoisotopic (exact) mass is 385 g/mol. The Morgan fingerprint density at radius 1 is 1.04 bits per heavy atom. The summed E-state index contributed by atoms with van der Waals surface area (Å²) in [6, 6.07) is 9.33. The third kappa shape index (κ3) is 3.68. The second-order valence-electron chi connectivity index (χ2n) is 6.15. The number of methoxy groups -OCH3 is 2. The van der Waals surface area contributed by atoms with Crippen molar-refractivity contribution < 1.29 is 23.7 Å². The molecule has 0 atom stereocenters. The van der Waals surface area contributed by atoms with E-state index >= 15 is 0 Å². The highest BCUT2D eigenvalue weighted by Gasteiger charge is 2.17. The van der Waals surface area contributed by atoms with Crippen LogP contribution < -0.4 is 18.9 Å². The number of Topliss-reactive ketones (excluding diaryl/α,β-unsaturated/α-hetero) is 1. The fourth-order valence-electron chi connectivity index (χ4n) is 3.04. The quantitative estimate of drug-likeness (QED) is 0.648. The minimum Gasteiger partial charge on any atom is -0.493 e. The maximum absolute atomic E-state index is 12.5. The standard InChI is InChI=1S/C20H19NO5S/c1-23-15-4-3-12(8-16(15)24-2)7-13(22)9-20-21-14-10-17-18(11-19(14)27-20)26-6-5-25-17/h3-4,8,10-11H,5-7,9H2,1-2H3. The molecule has 1 aliphatic rings. The number of nitrogens with zero attached hydrogens (tertiary/aromatic N) is 1. The van der Waals surface area contributed by atoms with E-state index in [-0.39, 0.29) is 5.78 Å². The first-order chi connectivity index (χ1) is 13.2. The summed E-state index contributed by atoms with van der Waals surface area (Å²) in [6.07, 6.45) is 0.610. The van der Waals surface area contributed by atoms with Gasteiger partial charge in [0.1, 0.15) is 24.0 Å². The molecule has 2 heterocycles. The molecule has 0 spiro atoms. The van der Waals surface area contributed by atoms with Gasteiger partial charge < -0.3 is 18.9 Å². The van der Waals surface area contributed by atoms with Gasteiger partial charge in [-0.3, -0.25) is 4.79 Å². The third-order valence-corrected chi connectivity index (χ3v) is 5.31. The largest absolute Gasteiger partial charge is 0.493 e. The molecule has 0 aliphatic carbocycles. The molecule has 0 saturated heterocycles. The van der Waals surface area contributed by atoms with Crippen molar-refractivity contribution in [3.63, 3.8) is 0 Å². The molecule has 0 fully saturated rings. The Morgan fingerprint density at radius 2 is 1.78 bits per heavy atom. The third-order valence-electron chi connectivity index (χ3n) is 4.29. The van der Waals surface area contributed by atoms with E-state index in [0.717, 1.165) is 26.5 Å². The van der Waals surface area contributed by atoms with Crippen molar-refractivity contribution in [2.45, 2.75) is 12.8 Å². The van der Waals surface area contributed by atoms with Gasteiger partial charge in [0.2, 0.25) is 0 Å². The Kier molecular flexibility index (Phi) is 4.85. The molecular weight excluding hydrogens is 366 g/mol. The number of ether oxygens (including phenoxy) is 4. The Morgan fingerprint density at radius 3 is 2.52 bits per heavy atom. The zero-order chi connectivity index (χ0) is 18.8. The van der Waals surface area contributed by atoms with E-state index in [4.69, 9.17) is 18.9 Å². The summed E-state index contributed by atoms with van der Waals surface area (Å²) in [6.45, 7) is 1.09. The van der Waals surface area contributed by atoms with Crippen molar-refractivity contribution in [1.82, 2.24) is 4.98 Å². The topological polar surface area (TPSA) is 66.9 Å². The summed E-state index contributed by atoms with van der Waals surface area (Å²) >= 11 is 1.51. The predicted octanol–water partition coefficient (Wildman–Crippen LogP) is 3.44. The fourth-order valence-corrected chi connectivity index (χ4v) is 4.04. The zero-order valence-electron chi connectivity index (χ0n) is 15.1. The van der Waals surface area contributed by atoms with Crippen molar-refractivity contribution in [3.8, 4) is 23.0 Å². The smallest absolute Gasteiger partial charge is 0.163 e. The Balaban J connectivity index is 1.49. The predicted molar refractivity (Wildman–Crippen MR) is 103 cm³/mol. The molecule has 0 saturated carbocycles. The number of ketones is 1. The van der Waals surface area contributed by atoms with Gasteiger partial charge in [-0.1, -0.05) is 6.07 Å². The first-order valence-electron chi connectivity index (χ1n) is 8.58. The lowest BCUT2D eigenvalue weighted by atomic mass is 10.1. The number of carbonyl (C=O) groups excluding carboxylic acids is 1. The normalized spacial score (nSPS) is 12.8. The number of fused-ring (bicyclic) bond motifs is 2. The summed E-state index contributed by atoms with van der Waals surface area (Å²) in [5.41, 5.74) is 1.72. The van der Waals surface area contributed by atoms with E-state index < -0.39 is 0 Å². The van der Waals surface area contributed by atoms with Gasteiger partial charge in [-0.15, -0.1) is 11.3 Å². The highest BCUT2D eigenvalue weighted by Crippen LogP contribution is 2.36. The molecule has 0 bridgehead atoms. The number of hydrogen-bond donors (Lipinski definition) is 0. The van der Waals surface area contributed by atoms with Crippen LogP contribution in [-0.2, 0) is 17.6 Å². The Hall–Kier alpha value is -2.80. The minimum absolute atomic E-state index is 0.0959. The van der Waals surface area contributed by atoms with E-state index in [1.165, 1.54) is 11.3 Å². The second kappa shape index (κ2) is 7.44. The van der Waals surface area contributed by atoms with Gasteiger partial charge in [-0.05, 0) is 17.7 Å². The summed E-state index contributed by atoms with van der Waals surface area (Å²) in [5, 5.41) is 0.790. The summed E-state index contributed by atoms with van der Waals surface area (Å²) < 4.78 is 22.7. The second-order valence-corrected chi connectivity index (χ2v) is 7.27. The lowest BCUT2D eigenvalue weighted by Crippen LogP contribution is -2.15. The van der Waals surface area contributed by atoms with Crippen molar-refractivity contribution in [1.29, 1.82) is 0 Å². The van der Waals surface area contributed by atoms with E-state index in [0.29, 0.717) is 43.3 Å².